The molecule has 1 heterocycles. The molecule has 0 N–H and O–H groups in total. The van der Waals surface area contributed by atoms with Gasteiger partial charge < -0.3 is 0 Å². The van der Waals surface area contributed by atoms with Gasteiger partial charge in [0.15, 0.2) is 9.84 Å². The number of hydrogen-bond donors (Lipinski definition) is 0. The average molecular weight is 394 g/mol. The van der Waals surface area contributed by atoms with Crippen LogP contribution < -0.4 is 0 Å². The highest BCUT2D eigenvalue weighted by Crippen LogP contribution is 2.24. The van der Waals surface area contributed by atoms with Crippen LogP contribution in [0.15, 0.2) is 24.3 Å². The monoisotopic (exact) mass is 393 g/mol. The first-order valence-corrected chi connectivity index (χ1v) is 11.7. The van der Waals surface area contributed by atoms with E-state index in [-0.39, 0.29) is 30.5 Å². The van der Waals surface area contributed by atoms with E-state index in [0.717, 1.165) is 0 Å². The number of nitrogens with zero attached hydrogens (tertiary/aromatic N) is 1. The Kier molecular flexibility index (Phi) is 6.34. The van der Waals surface area contributed by atoms with Crippen LogP contribution in [0.25, 0.3) is 0 Å². The summed E-state index contributed by atoms with van der Waals surface area (Å²) in [4.78, 5) is 0. The first-order chi connectivity index (χ1) is 11.1. The van der Waals surface area contributed by atoms with Gasteiger partial charge in [-0.2, -0.15) is 0 Å². The Bertz CT molecular complexity index is 767. The van der Waals surface area contributed by atoms with Crippen LogP contribution in [-0.4, -0.2) is 45.2 Å². The van der Waals surface area contributed by atoms with Crippen LogP contribution in [-0.2, 0) is 25.6 Å². The number of hydrogen-bond acceptors (Lipinski definition) is 4. The fourth-order valence-electron chi connectivity index (χ4n) is 3.00. The van der Waals surface area contributed by atoms with E-state index >= 15 is 0 Å². The fraction of sp³-hybridized carbons (Fsp3) is 0.625. The van der Waals surface area contributed by atoms with E-state index in [4.69, 9.17) is 11.6 Å². The lowest BCUT2D eigenvalue weighted by Crippen LogP contribution is -2.43. The molecule has 1 fully saturated rings. The van der Waals surface area contributed by atoms with Crippen LogP contribution in [0.5, 0.6) is 0 Å². The molecule has 24 heavy (non-hydrogen) atoms. The molecule has 0 aliphatic carbocycles. The molecule has 1 saturated heterocycles. The summed E-state index contributed by atoms with van der Waals surface area (Å²) in [5, 5.41) is 0.0682. The van der Waals surface area contributed by atoms with E-state index in [1.54, 1.807) is 24.3 Å². The molecule has 2 rings (SSSR count). The lowest BCUT2D eigenvalue weighted by molar-refractivity contribution is 0.344. The molecule has 0 spiro atoms. The Balaban J connectivity index is 2.00. The molecule has 0 saturated carbocycles. The Morgan fingerprint density at radius 3 is 2.33 bits per heavy atom. The van der Waals surface area contributed by atoms with Gasteiger partial charge in [0.1, 0.15) is 0 Å². The van der Waals surface area contributed by atoms with Crippen molar-refractivity contribution in [3.63, 3.8) is 0 Å². The SMILES string of the molecule is CC(C)CS(=O)(=O)C1CCN(S(=O)(=O)Cc2cccc(Cl)c2)CC1. The maximum Gasteiger partial charge on any atom is 0.218 e. The number of sulfone groups is 1. The molecule has 0 aromatic heterocycles. The minimum Gasteiger partial charge on any atom is -0.229 e. The van der Waals surface area contributed by atoms with Crippen molar-refractivity contribution in [3.05, 3.63) is 34.9 Å². The third-order valence-electron chi connectivity index (χ3n) is 4.11. The number of sulfonamides is 1. The second-order valence-electron chi connectivity index (χ2n) is 6.71. The van der Waals surface area contributed by atoms with Gasteiger partial charge in [0.2, 0.25) is 10.0 Å². The van der Waals surface area contributed by atoms with Gasteiger partial charge in [-0.1, -0.05) is 37.6 Å². The van der Waals surface area contributed by atoms with Crippen LogP contribution in [0.1, 0.15) is 32.3 Å². The zero-order valence-corrected chi connectivity index (χ0v) is 16.4. The molecular weight excluding hydrogens is 370 g/mol. The molecule has 136 valence electrons. The Hall–Kier alpha value is -0.630. The molecule has 0 bridgehead atoms. The second kappa shape index (κ2) is 7.72. The summed E-state index contributed by atoms with van der Waals surface area (Å²) in [6, 6.07) is 6.78. The molecule has 1 aromatic carbocycles. The highest BCUT2D eigenvalue weighted by atomic mass is 35.5. The topological polar surface area (TPSA) is 71.5 Å². The van der Waals surface area contributed by atoms with Crippen molar-refractivity contribution in [1.29, 1.82) is 0 Å². The van der Waals surface area contributed by atoms with Gasteiger partial charge in [-0.3, -0.25) is 0 Å². The standard InChI is InChI=1S/C16H24ClNO4S2/c1-13(2)11-23(19,20)16-6-8-18(9-7-16)24(21,22)12-14-4-3-5-15(17)10-14/h3-5,10,13,16H,6-9,11-12H2,1-2H3. The first kappa shape index (κ1) is 19.7. The van der Waals surface area contributed by atoms with E-state index in [9.17, 15) is 16.8 Å². The minimum absolute atomic E-state index is 0.0830. The molecule has 1 aromatic rings. The number of rotatable bonds is 6. The molecule has 8 heteroatoms. The zero-order chi connectivity index (χ0) is 18.0. The van der Waals surface area contributed by atoms with Crippen molar-refractivity contribution in [2.24, 2.45) is 5.92 Å². The van der Waals surface area contributed by atoms with Crippen LogP contribution in [0, 0.1) is 5.92 Å². The third kappa shape index (κ3) is 5.18. The molecule has 0 unspecified atom stereocenters. The molecule has 0 radical (unpaired) electrons. The largest absolute Gasteiger partial charge is 0.229 e. The normalized spacial score (nSPS) is 18.2. The van der Waals surface area contributed by atoms with Crippen LogP contribution in [0.2, 0.25) is 5.02 Å². The van der Waals surface area contributed by atoms with Crippen LogP contribution >= 0.6 is 11.6 Å². The van der Waals surface area contributed by atoms with Crippen molar-refractivity contribution in [1.82, 2.24) is 4.31 Å². The summed E-state index contributed by atoms with van der Waals surface area (Å²) in [6.45, 7) is 4.26. The Morgan fingerprint density at radius 1 is 1.17 bits per heavy atom. The van der Waals surface area contributed by atoms with E-state index in [2.05, 4.69) is 0 Å². The number of piperidine rings is 1. The fourth-order valence-corrected chi connectivity index (χ4v) is 6.89. The Morgan fingerprint density at radius 2 is 1.79 bits per heavy atom. The van der Waals surface area contributed by atoms with Gasteiger partial charge in [0.25, 0.3) is 0 Å². The van der Waals surface area contributed by atoms with Gasteiger partial charge in [-0.05, 0) is 36.5 Å². The van der Waals surface area contributed by atoms with Crippen molar-refractivity contribution in [2.45, 2.75) is 37.7 Å². The van der Waals surface area contributed by atoms with Gasteiger partial charge >= 0.3 is 0 Å². The minimum atomic E-state index is -3.47. The molecule has 1 aliphatic heterocycles. The van der Waals surface area contributed by atoms with Crippen molar-refractivity contribution in [3.8, 4) is 0 Å². The van der Waals surface area contributed by atoms with Gasteiger partial charge in [0.05, 0.1) is 16.8 Å². The molecule has 5 nitrogen and oxygen atoms in total. The third-order valence-corrected chi connectivity index (χ3v) is 8.81. The molecule has 1 aliphatic rings. The first-order valence-electron chi connectivity index (χ1n) is 8.04. The summed E-state index contributed by atoms with van der Waals surface area (Å²) in [6.07, 6.45) is 0.730. The highest BCUT2D eigenvalue weighted by molar-refractivity contribution is 7.92. The zero-order valence-electron chi connectivity index (χ0n) is 14.0. The predicted molar refractivity (Wildman–Crippen MR) is 97.3 cm³/mol. The van der Waals surface area contributed by atoms with Crippen LogP contribution in [0.3, 0.4) is 0 Å². The maximum absolute atomic E-state index is 12.5. The summed E-state index contributed by atoms with van der Waals surface area (Å²) >= 11 is 5.90. The van der Waals surface area contributed by atoms with E-state index in [0.29, 0.717) is 23.4 Å². The lowest BCUT2D eigenvalue weighted by atomic mass is 10.2. The van der Waals surface area contributed by atoms with E-state index < -0.39 is 25.1 Å². The number of benzene rings is 1. The summed E-state index contributed by atoms with van der Waals surface area (Å²) < 4.78 is 51.1. The maximum atomic E-state index is 12.5. The predicted octanol–water partition coefficient (Wildman–Crippen LogP) is 2.71. The van der Waals surface area contributed by atoms with Gasteiger partial charge in [-0.25, -0.2) is 21.1 Å². The summed E-state index contributed by atoms with van der Waals surface area (Å²) in [5.74, 6) is 0.128. The van der Waals surface area contributed by atoms with E-state index in [1.165, 1.54) is 4.31 Å². The molecule has 0 atom stereocenters. The summed E-state index contributed by atoms with van der Waals surface area (Å²) in [7, 11) is -6.62. The van der Waals surface area contributed by atoms with Gasteiger partial charge in [0, 0.05) is 18.1 Å². The quantitative estimate of drug-likeness (QED) is 0.744. The Labute approximate surface area is 150 Å². The highest BCUT2D eigenvalue weighted by Gasteiger charge is 2.34. The molecule has 0 amide bonds. The van der Waals surface area contributed by atoms with Gasteiger partial charge in [-0.15, -0.1) is 0 Å². The van der Waals surface area contributed by atoms with Crippen molar-refractivity contribution >= 4 is 31.5 Å². The second-order valence-corrected chi connectivity index (χ2v) is 11.4. The van der Waals surface area contributed by atoms with Crippen molar-refractivity contribution in [2.75, 3.05) is 18.8 Å². The van der Waals surface area contributed by atoms with Crippen molar-refractivity contribution < 1.29 is 16.8 Å². The number of halogens is 1. The molecular formula is C16H24ClNO4S2. The van der Waals surface area contributed by atoms with Crippen LogP contribution in [0.4, 0.5) is 0 Å². The average Bonchev–Trinajstić information content (AvgIpc) is 2.45. The summed E-state index contributed by atoms with van der Waals surface area (Å²) in [5.41, 5.74) is 0.636. The smallest absolute Gasteiger partial charge is 0.218 e. The lowest BCUT2D eigenvalue weighted by Gasteiger charge is -2.31. The van der Waals surface area contributed by atoms with E-state index in [1.807, 2.05) is 13.8 Å².